The Balaban J connectivity index is 1.86. The van der Waals surface area contributed by atoms with Gasteiger partial charge in [0.25, 0.3) is 5.91 Å². The summed E-state index contributed by atoms with van der Waals surface area (Å²) in [5.74, 6) is 0.191. The van der Waals surface area contributed by atoms with Gasteiger partial charge in [-0.1, -0.05) is 29.8 Å². The number of likely N-dealkylation sites (tertiary alicyclic amines) is 1. The Morgan fingerprint density at radius 3 is 2.34 bits per heavy atom. The van der Waals surface area contributed by atoms with Crippen molar-refractivity contribution >= 4 is 15.9 Å². The van der Waals surface area contributed by atoms with E-state index in [-0.39, 0.29) is 16.4 Å². The Morgan fingerprint density at radius 1 is 1.07 bits per heavy atom. The number of hydrogen-bond donors (Lipinski definition) is 1. The highest BCUT2D eigenvalue weighted by Gasteiger charge is 2.25. The number of amides is 1. The summed E-state index contributed by atoms with van der Waals surface area (Å²) >= 11 is 0. The fraction of sp³-hybridized carbons (Fsp3) is 0.409. The highest BCUT2D eigenvalue weighted by Crippen LogP contribution is 2.26. The van der Waals surface area contributed by atoms with Crippen LogP contribution in [0.4, 0.5) is 0 Å². The van der Waals surface area contributed by atoms with Gasteiger partial charge in [0.15, 0.2) is 0 Å². The van der Waals surface area contributed by atoms with Gasteiger partial charge in [-0.2, -0.15) is 0 Å². The minimum atomic E-state index is -3.81. The second-order valence-electron chi connectivity index (χ2n) is 7.47. The van der Waals surface area contributed by atoms with Crippen LogP contribution in [0.3, 0.4) is 0 Å². The molecule has 1 saturated heterocycles. The summed E-state index contributed by atoms with van der Waals surface area (Å²) in [5, 5.41) is 0. The van der Waals surface area contributed by atoms with Crippen molar-refractivity contribution in [2.24, 2.45) is 0 Å². The average Bonchev–Trinajstić information content (AvgIpc) is 2.73. The number of nitrogens with zero attached hydrogens (tertiary/aromatic N) is 1. The van der Waals surface area contributed by atoms with E-state index in [1.54, 1.807) is 17.9 Å². The Bertz CT molecular complexity index is 965. The molecule has 1 aliphatic rings. The van der Waals surface area contributed by atoms with E-state index in [9.17, 15) is 13.2 Å². The topological polar surface area (TPSA) is 75.7 Å². The fourth-order valence-electron chi connectivity index (χ4n) is 3.51. The van der Waals surface area contributed by atoms with Crippen LogP contribution in [0.15, 0.2) is 47.4 Å². The van der Waals surface area contributed by atoms with Gasteiger partial charge >= 0.3 is 0 Å². The monoisotopic (exact) mass is 416 g/mol. The van der Waals surface area contributed by atoms with Crippen molar-refractivity contribution in [3.05, 3.63) is 59.2 Å². The van der Waals surface area contributed by atoms with Gasteiger partial charge in [-0.15, -0.1) is 0 Å². The molecule has 0 unspecified atom stereocenters. The van der Waals surface area contributed by atoms with Gasteiger partial charge in [0, 0.05) is 19.1 Å². The second-order valence-corrected chi connectivity index (χ2v) is 9.18. The van der Waals surface area contributed by atoms with Crippen LogP contribution in [0, 0.1) is 6.92 Å². The zero-order valence-corrected chi connectivity index (χ0v) is 18.0. The molecule has 1 atom stereocenters. The van der Waals surface area contributed by atoms with E-state index in [1.807, 2.05) is 31.2 Å². The molecule has 2 aromatic rings. The van der Waals surface area contributed by atoms with E-state index in [4.69, 9.17) is 4.74 Å². The summed E-state index contributed by atoms with van der Waals surface area (Å²) in [7, 11) is -2.33. The van der Waals surface area contributed by atoms with Crippen LogP contribution in [0.2, 0.25) is 0 Å². The number of aryl methyl sites for hydroxylation is 1. The molecule has 1 amide bonds. The molecule has 1 N–H and O–H groups in total. The maximum absolute atomic E-state index is 13.0. The summed E-state index contributed by atoms with van der Waals surface area (Å²) < 4.78 is 33.9. The molecule has 0 bridgehead atoms. The number of sulfonamides is 1. The van der Waals surface area contributed by atoms with E-state index < -0.39 is 16.1 Å². The third kappa shape index (κ3) is 4.97. The predicted octanol–water partition coefficient (Wildman–Crippen LogP) is 3.67. The van der Waals surface area contributed by atoms with Crippen molar-refractivity contribution in [1.29, 1.82) is 0 Å². The zero-order valence-electron chi connectivity index (χ0n) is 17.1. The Hall–Kier alpha value is -2.38. The van der Waals surface area contributed by atoms with E-state index in [1.165, 1.54) is 19.2 Å². The van der Waals surface area contributed by atoms with Gasteiger partial charge in [-0.3, -0.25) is 4.79 Å². The summed E-state index contributed by atoms with van der Waals surface area (Å²) in [6, 6.07) is 11.7. The number of ether oxygens (including phenoxy) is 1. The van der Waals surface area contributed by atoms with Gasteiger partial charge in [0.1, 0.15) is 5.75 Å². The lowest BCUT2D eigenvalue weighted by atomic mass is 10.1. The quantitative estimate of drug-likeness (QED) is 0.780. The van der Waals surface area contributed by atoms with Crippen molar-refractivity contribution in [2.75, 3.05) is 20.2 Å². The zero-order chi connectivity index (χ0) is 21.0. The summed E-state index contributed by atoms with van der Waals surface area (Å²) in [6.45, 7) is 5.14. The normalized spacial score (nSPS) is 15.8. The van der Waals surface area contributed by atoms with E-state index in [0.717, 1.165) is 30.4 Å². The van der Waals surface area contributed by atoms with Gasteiger partial charge in [-0.25, -0.2) is 13.1 Å². The molecule has 1 fully saturated rings. The average molecular weight is 417 g/mol. The molecule has 0 saturated carbocycles. The van der Waals surface area contributed by atoms with Crippen molar-refractivity contribution < 1.29 is 17.9 Å². The first-order valence-corrected chi connectivity index (χ1v) is 11.4. The van der Waals surface area contributed by atoms with Crippen LogP contribution in [-0.2, 0) is 10.0 Å². The van der Waals surface area contributed by atoms with E-state index in [2.05, 4.69) is 4.72 Å². The molecule has 0 aromatic heterocycles. The Kier molecular flexibility index (Phi) is 6.59. The molecule has 1 heterocycles. The molecule has 2 aromatic carbocycles. The van der Waals surface area contributed by atoms with Crippen molar-refractivity contribution in [3.63, 3.8) is 0 Å². The highest BCUT2D eigenvalue weighted by molar-refractivity contribution is 7.89. The summed E-state index contributed by atoms with van der Waals surface area (Å²) in [6.07, 6.45) is 3.03. The molecule has 6 nitrogen and oxygen atoms in total. The van der Waals surface area contributed by atoms with Crippen LogP contribution in [-0.4, -0.2) is 39.4 Å². The lowest BCUT2D eigenvalue weighted by Gasteiger charge is -2.27. The van der Waals surface area contributed by atoms with Crippen LogP contribution in [0.25, 0.3) is 0 Å². The van der Waals surface area contributed by atoms with Crippen molar-refractivity contribution in [1.82, 2.24) is 9.62 Å². The Morgan fingerprint density at radius 2 is 1.72 bits per heavy atom. The maximum Gasteiger partial charge on any atom is 0.257 e. The summed E-state index contributed by atoms with van der Waals surface area (Å²) in [5.41, 5.74) is 2.26. The minimum Gasteiger partial charge on any atom is -0.496 e. The molecule has 3 rings (SSSR count). The number of nitrogens with one attached hydrogen (secondary N) is 1. The maximum atomic E-state index is 13.0. The fourth-order valence-corrected chi connectivity index (χ4v) is 4.77. The van der Waals surface area contributed by atoms with E-state index in [0.29, 0.717) is 18.8 Å². The predicted molar refractivity (Wildman–Crippen MR) is 113 cm³/mol. The minimum absolute atomic E-state index is 0.0534. The summed E-state index contributed by atoms with van der Waals surface area (Å²) in [4.78, 5) is 14.8. The number of rotatable bonds is 6. The number of piperidine rings is 1. The number of carbonyl (C=O) groups excluding carboxylic acids is 1. The highest BCUT2D eigenvalue weighted by atomic mass is 32.2. The number of hydrogen-bond acceptors (Lipinski definition) is 4. The molecule has 0 aliphatic carbocycles. The van der Waals surface area contributed by atoms with Crippen LogP contribution >= 0.6 is 0 Å². The smallest absolute Gasteiger partial charge is 0.257 e. The number of methoxy groups -OCH3 is 1. The SMILES string of the molecule is COc1ccc(S(=O)(=O)N[C@@H](C)c2ccc(C)cc2)cc1C(=O)N1CCCCC1. The first-order chi connectivity index (χ1) is 13.8. The lowest BCUT2D eigenvalue weighted by molar-refractivity contribution is 0.0720. The van der Waals surface area contributed by atoms with Crippen LogP contribution < -0.4 is 9.46 Å². The van der Waals surface area contributed by atoms with Crippen molar-refractivity contribution in [3.8, 4) is 5.75 Å². The third-order valence-electron chi connectivity index (χ3n) is 5.26. The molecule has 29 heavy (non-hydrogen) atoms. The standard InChI is InChI=1S/C22H28N2O4S/c1-16-7-9-18(10-8-16)17(2)23-29(26,27)19-11-12-21(28-3)20(15-19)22(25)24-13-5-4-6-14-24/h7-12,15,17,23H,4-6,13-14H2,1-3H3/t17-/m0/s1. The van der Waals surface area contributed by atoms with Crippen LogP contribution in [0.1, 0.15) is 53.7 Å². The molecule has 1 aliphatic heterocycles. The second kappa shape index (κ2) is 8.97. The first-order valence-electron chi connectivity index (χ1n) is 9.88. The molecule has 7 heteroatoms. The van der Waals surface area contributed by atoms with Gasteiger partial charge < -0.3 is 9.64 Å². The third-order valence-corrected chi connectivity index (χ3v) is 6.80. The van der Waals surface area contributed by atoms with Gasteiger partial charge in [0.05, 0.1) is 17.6 Å². The molecular weight excluding hydrogens is 388 g/mol. The first kappa shape index (κ1) is 21.3. The number of benzene rings is 2. The largest absolute Gasteiger partial charge is 0.496 e. The van der Waals surface area contributed by atoms with E-state index >= 15 is 0 Å². The molecule has 0 spiro atoms. The number of carbonyl (C=O) groups is 1. The lowest BCUT2D eigenvalue weighted by Crippen LogP contribution is -2.36. The van der Waals surface area contributed by atoms with Gasteiger partial charge in [-0.05, 0) is 56.9 Å². The van der Waals surface area contributed by atoms with Crippen molar-refractivity contribution in [2.45, 2.75) is 44.0 Å². The molecular formula is C22H28N2O4S. The van der Waals surface area contributed by atoms with Gasteiger partial charge in [0.2, 0.25) is 10.0 Å². The van der Waals surface area contributed by atoms with Crippen LogP contribution in [0.5, 0.6) is 5.75 Å². The Labute approximate surface area is 172 Å². The molecule has 0 radical (unpaired) electrons. The molecule has 156 valence electrons.